The molecule has 0 fully saturated rings. The SMILES string of the molecule is O=C([O-])[C@@H]1Sc2ccccc2Oc2ccccc21. The first-order valence-electron chi connectivity index (χ1n) is 5.49. The lowest BCUT2D eigenvalue weighted by molar-refractivity contribution is -0.305. The zero-order valence-corrected chi connectivity index (χ0v) is 10.1. The highest BCUT2D eigenvalue weighted by Crippen LogP contribution is 2.47. The summed E-state index contributed by atoms with van der Waals surface area (Å²) in [5, 5.41) is 10.5. The Bertz CT molecular complexity index is 609. The third-order valence-electron chi connectivity index (χ3n) is 2.73. The first kappa shape index (κ1) is 11.2. The molecule has 0 amide bonds. The van der Waals surface area contributed by atoms with Crippen LogP contribution in [-0.4, -0.2) is 5.97 Å². The van der Waals surface area contributed by atoms with E-state index in [4.69, 9.17) is 4.74 Å². The van der Waals surface area contributed by atoms with E-state index in [-0.39, 0.29) is 0 Å². The van der Waals surface area contributed by atoms with Crippen molar-refractivity contribution >= 4 is 17.7 Å². The van der Waals surface area contributed by atoms with Crippen molar-refractivity contribution in [3.63, 3.8) is 0 Å². The quantitative estimate of drug-likeness (QED) is 0.787. The van der Waals surface area contributed by atoms with Crippen LogP contribution in [0, 0.1) is 0 Å². The number of aliphatic carboxylic acids is 1. The fourth-order valence-corrected chi connectivity index (χ4v) is 2.96. The molecule has 0 spiro atoms. The Labute approximate surface area is 108 Å². The molecule has 3 nitrogen and oxygen atoms in total. The van der Waals surface area contributed by atoms with Gasteiger partial charge >= 0.3 is 0 Å². The number of hydrogen-bond donors (Lipinski definition) is 0. The maximum atomic E-state index is 11.3. The Morgan fingerprint density at radius 2 is 1.72 bits per heavy atom. The molecule has 0 unspecified atom stereocenters. The lowest BCUT2D eigenvalue weighted by Crippen LogP contribution is -2.27. The van der Waals surface area contributed by atoms with Crippen LogP contribution in [0.1, 0.15) is 10.8 Å². The lowest BCUT2D eigenvalue weighted by Gasteiger charge is -2.16. The summed E-state index contributed by atoms with van der Waals surface area (Å²) >= 11 is 1.24. The predicted octanol–water partition coefficient (Wildman–Crippen LogP) is 2.38. The van der Waals surface area contributed by atoms with Gasteiger partial charge in [-0.05, 0) is 18.2 Å². The molecule has 0 saturated carbocycles. The summed E-state index contributed by atoms with van der Waals surface area (Å²) in [4.78, 5) is 12.1. The van der Waals surface area contributed by atoms with E-state index in [1.807, 2.05) is 30.3 Å². The Morgan fingerprint density at radius 3 is 2.50 bits per heavy atom. The van der Waals surface area contributed by atoms with E-state index in [1.165, 1.54) is 11.8 Å². The minimum absolute atomic E-state index is 0.573. The van der Waals surface area contributed by atoms with Crippen LogP contribution in [-0.2, 0) is 4.79 Å². The van der Waals surface area contributed by atoms with Gasteiger partial charge in [-0.3, -0.25) is 0 Å². The van der Waals surface area contributed by atoms with E-state index in [9.17, 15) is 9.90 Å². The number of hydrogen-bond acceptors (Lipinski definition) is 4. The predicted molar refractivity (Wildman–Crippen MR) is 66.6 cm³/mol. The molecule has 0 aliphatic carbocycles. The van der Waals surface area contributed by atoms with Gasteiger partial charge in [-0.25, -0.2) is 0 Å². The number of carbonyl (C=O) groups is 1. The molecule has 2 aromatic carbocycles. The zero-order chi connectivity index (χ0) is 12.5. The van der Waals surface area contributed by atoms with Crippen molar-refractivity contribution in [2.24, 2.45) is 0 Å². The van der Waals surface area contributed by atoms with Crippen molar-refractivity contribution < 1.29 is 14.6 Å². The molecule has 1 aliphatic rings. The molecule has 4 heteroatoms. The van der Waals surface area contributed by atoms with Gasteiger partial charge < -0.3 is 14.6 Å². The maximum Gasteiger partial charge on any atom is 0.141 e. The summed E-state index contributed by atoms with van der Waals surface area (Å²) in [5.41, 5.74) is 0.638. The van der Waals surface area contributed by atoms with Crippen LogP contribution in [0.5, 0.6) is 11.5 Å². The van der Waals surface area contributed by atoms with E-state index in [1.54, 1.807) is 18.2 Å². The normalized spacial score (nSPS) is 17.0. The Morgan fingerprint density at radius 1 is 1.06 bits per heavy atom. The van der Waals surface area contributed by atoms with Crippen LogP contribution in [0.25, 0.3) is 0 Å². The largest absolute Gasteiger partial charge is 0.549 e. The van der Waals surface area contributed by atoms with Gasteiger partial charge in [0.05, 0.1) is 16.1 Å². The molecule has 0 aromatic heterocycles. The molecule has 0 N–H and O–H groups in total. The third kappa shape index (κ3) is 1.84. The van der Waals surface area contributed by atoms with Gasteiger partial charge in [0.25, 0.3) is 0 Å². The fourth-order valence-electron chi connectivity index (χ4n) is 1.91. The number of carboxylic acid groups (broad SMARTS) is 1. The lowest BCUT2D eigenvalue weighted by atomic mass is 10.1. The van der Waals surface area contributed by atoms with Gasteiger partial charge in [0.2, 0.25) is 0 Å². The van der Waals surface area contributed by atoms with Crippen LogP contribution in [0.15, 0.2) is 53.4 Å². The molecule has 2 aromatic rings. The van der Waals surface area contributed by atoms with Crippen molar-refractivity contribution in [3.05, 3.63) is 54.1 Å². The van der Waals surface area contributed by atoms with E-state index in [2.05, 4.69) is 0 Å². The van der Waals surface area contributed by atoms with E-state index < -0.39 is 11.2 Å². The van der Waals surface area contributed by atoms with Crippen LogP contribution < -0.4 is 9.84 Å². The van der Waals surface area contributed by atoms with Crippen LogP contribution in [0.3, 0.4) is 0 Å². The molecule has 0 saturated heterocycles. The molecule has 0 radical (unpaired) electrons. The van der Waals surface area contributed by atoms with Gasteiger partial charge in [-0.15, -0.1) is 11.8 Å². The minimum Gasteiger partial charge on any atom is -0.549 e. The number of carboxylic acids is 1. The van der Waals surface area contributed by atoms with Gasteiger partial charge in [0.15, 0.2) is 0 Å². The Hall–Kier alpha value is -1.94. The molecule has 1 aliphatic heterocycles. The monoisotopic (exact) mass is 257 g/mol. The summed E-state index contributed by atoms with van der Waals surface area (Å²) in [6, 6.07) is 14.6. The first-order chi connectivity index (χ1) is 8.75. The number of para-hydroxylation sites is 2. The van der Waals surface area contributed by atoms with Crippen LogP contribution in [0.2, 0.25) is 0 Å². The second kappa shape index (κ2) is 4.38. The fraction of sp³-hybridized carbons (Fsp3) is 0.0714. The first-order valence-corrected chi connectivity index (χ1v) is 6.37. The highest BCUT2D eigenvalue weighted by atomic mass is 32.2. The van der Waals surface area contributed by atoms with Gasteiger partial charge in [0.1, 0.15) is 11.5 Å². The number of thioether (sulfide) groups is 1. The zero-order valence-electron chi connectivity index (χ0n) is 9.33. The van der Waals surface area contributed by atoms with E-state index in [0.29, 0.717) is 17.1 Å². The molecular formula is C14H9O3S-. The summed E-state index contributed by atoms with van der Waals surface area (Å²) in [7, 11) is 0. The second-order valence-corrected chi connectivity index (χ2v) is 5.05. The molecule has 3 rings (SSSR count). The average Bonchev–Trinajstić information content (AvgIpc) is 2.55. The standard InChI is InChI=1S/C14H10O3S/c15-14(16)13-9-5-1-2-6-10(9)17-11-7-3-4-8-12(11)18-13/h1-8,13H,(H,15,16)/p-1/t13-/m1/s1. The molecule has 18 heavy (non-hydrogen) atoms. The summed E-state index contributed by atoms with van der Waals surface area (Å²) in [6.45, 7) is 0. The smallest absolute Gasteiger partial charge is 0.141 e. The highest BCUT2D eigenvalue weighted by molar-refractivity contribution is 8.00. The topological polar surface area (TPSA) is 49.4 Å². The minimum atomic E-state index is -1.10. The molecule has 1 atom stereocenters. The van der Waals surface area contributed by atoms with Crippen molar-refractivity contribution in [2.45, 2.75) is 10.1 Å². The highest BCUT2D eigenvalue weighted by Gasteiger charge is 2.24. The molecule has 90 valence electrons. The van der Waals surface area contributed by atoms with Gasteiger partial charge in [0, 0.05) is 5.56 Å². The molecular weight excluding hydrogens is 248 g/mol. The second-order valence-electron chi connectivity index (χ2n) is 3.90. The van der Waals surface area contributed by atoms with E-state index >= 15 is 0 Å². The van der Waals surface area contributed by atoms with E-state index in [0.717, 1.165) is 4.90 Å². The number of fused-ring (bicyclic) bond motifs is 2. The molecule has 0 bridgehead atoms. The number of rotatable bonds is 1. The van der Waals surface area contributed by atoms with Crippen molar-refractivity contribution in [1.29, 1.82) is 0 Å². The number of carbonyl (C=O) groups excluding carboxylic acids is 1. The van der Waals surface area contributed by atoms with Crippen molar-refractivity contribution in [1.82, 2.24) is 0 Å². The van der Waals surface area contributed by atoms with Gasteiger partial charge in [-0.2, -0.15) is 0 Å². The summed E-state index contributed by atoms with van der Waals surface area (Å²) in [5.74, 6) is 0.149. The van der Waals surface area contributed by atoms with Gasteiger partial charge in [-0.1, -0.05) is 30.3 Å². The summed E-state index contributed by atoms with van der Waals surface area (Å²) in [6.07, 6.45) is 0. The van der Waals surface area contributed by atoms with Crippen molar-refractivity contribution in [3.8, 4) is 11.5 Å². The van der Waals surface area contributed by atoms with Crippen LogP contribution in [0.4, 0.5) is 0 Å². The van der Waals surface area contributed by atoms with Crippen LogP contribution >= 0.6 is 11.8 Å². The average molecular weight is 257 g/mol. The number of benzene rings is 2. The van der Waals surface area contributed by atoms with Crippen molar-refractivity contribution in [2.75, 3.05) is 0 Å². The summed E-state index contributed by atoms with van der Waals surface area (Å²) < 4.78 is 5.77. The third-order valence-corrected chi connectivity index (χ3v) is 4.00. The Balaban J connectivity index is 2.17. The molecule has 1 heterocycles. The Kier molecular flexibility index (Phi) is 2.72. The number of ether oxygens (including phenoxy) is 1. The maximum absolute atomic E-state index is 11.3.